The fourth-order valence-corrected chi connectivity index (χ4v) is 1.46. The van der Waals surface area contributed by atoms with Crippen LogP contribution in [0.25, 0.3) is 0 Å². The highest BCUT2D eigenvalue weighted by Gasteiger charge is 2.19. The molecule has 13 heavy (non-hydrogen) atoms. The molecular formula is C11H20N2. The summed E-state index contributed by atoms with van der Waals surface area (Å²) in [6.07, 6.45) is 12.8. The summed E-state index contributed by atoms with van der Waals surface area (Å²) in [6, 6.07) is 0. The predicted molar refractivity (Wildman–Crippen MR) is 57.3 cm³/mol. The van der Waals surface area contributed by atoms with Gasteiger partial charge in [-0.05, 0) is 13.0 Å². The van der Waals surface area contributed by atoms with Crippen LogP contribution in [0, 0.1) is 0 Å². The third-order valence-electron chi connectivity index (χ3n) is 2.33. The molecule has 0 fully saturated rings. The number of allylic oxidation sites excluding steroid dienone is 2. The normalized spacial score (nSPS) is 26.6. The highest BCUT2D eigenvalue weighted by Crippen LogP contribution is 2.10. The van der Waals surface area contributed by atoms with Crippen molar-refractivity contribution in [3.63, 3.8) is 0 Å². The molecule has 0 heterocycles. The van der Waals surface area contributed by atoms with Gasteiger partial charge in [-0.1, -0.05) is 44.1 Å². The lowest BCUT2D eigenvalue weighted by molar-refractivity contribution is 0.409. The van der Waals surface area contributed by atoms with Crippen molar-refractivity contribution in [2.24, 2.45) is 5.73 Å². The number of nitrogens with two attached hydrogens (primary N) is 1. The lowest BCUT2D eigenvalue weighted by Gasteiger charge is -2.27. The van der Waals surface area contributed by atoms with Crippen LogP contribution in [0.2, 0.25) is 0 Å². The third-order valence-corrected chi connectivity index (χ3v) is 2.33. The van der Waals surface area contributed by atoms with E-state index in [-0.39, 0.29) is 5.66 Å². The van der Waals surface area contributed by atoms with Gasteiger partial charge in [-0.3, -0.25) is 5.32 Å². The highest BCUT2D eigenvalue weighted by atomic mass is 15.1. The van der Waals surface area contributed by atoms with E-state index in [1.165, 1.54) is 19.3 Å². The van der Waals surface area contributed by atoms with Gasteiger partial charge in [-0.15, -0.1) is 0 Å². The smallest absolute Gasteiger partial charge is 0.0892 e. The molecule has 0 aromatic carbocycles. The molecule has 2 heteroatoms. The summed E-state index contributed by atoms with van der Waals surface area (Å²) < 4.78 is 0. The maximum atomic E-state index is 6.09. The molecular weight excluding hydrogens is 160 g/mol. The molecule has 0 aromatic rings. The van der Waals surface area contributed by atoms with Crippen LogP contribution in [0.1, 0.15) is 32.6 Å². The van der Waals surface area contributed by atoms with Crippen molar-refractivity contribution in [2.75, 3.05) is 6.54 Å². The number of rotatable bonds is 5. The topological polar surface area (TPSA) is 38.0 Å². The molecule has 1 atom stereocenters. The number of nitrogens with one attached hydrogen (secondary N) is 1. The summed E-state index contributed by atoms with van der Waals surface area (Å²) in [5.74, 6) is 0. The molecule has 0 aliphatic heterocycles. The minimum atomic E-state index is -0.289. The Balaban J connectivity index is 2.19. The van der Waals surface area contributed by atoms with Gasteiger partial charge in [0.2, 0.25) is 0 Å². The monoisotopic (exact) mass is 180 g/mol. The van der Waals surface area contributed by atoms with Gasteiger partial charge in [-0.25, -0.2) is 0 Å². The molecule has 0 saturated heterocycles. The standard InChI is InChI=1S/C11H20N2/c1-2-3-7-10-13-11(12)8-5-4-6-9-11/h4-6,8,13H,2-3,7,9-10,12H2,1H3. The lowest BCUT2D eigenvalue weighted by Crippen LogP contribution is -2.52. The van der Waals surface area contributed by atoms with Gasteiger partial charge in [0.05, 0.1) is 5.66 Å². The van der Waals surface area contributed by atoms with Crippen LogP contribution in [-0.2, 0) is 0 Å². The Kier molecular flexibility index (Phi) is 4.19. The Hall–Kier alpha value is -0.600. The van der Waals surface area contributed by atoms with Crippen LogP contribution in [0.3, 0.4) is 0 Å². The van der Waals surface area contributed by atoms with E-state index in [0.717, 1.165) is 13.0 Å². The first kappa shape index (κ1) is 10.5. The van der Waals surface area contributed by atoms with E-state index in [0.29, 0.717) is 0 Å². The van der Waals surface area contributed by atoms with Crippen molar-refractivity contribution in [3.8, 4) is 0 Å². The first-order chi connectivity index (χ1) is 6.27. The molecule has 0 radical (unpaired) electrons. The summed E-state index contributed by atoms with van der Waals surface area (Å²) >= 11 is 0. The summed E-state index contributed by atoms with van der Waals surface area (Å²) in [5.41, 5.74) is 5.80. The highest BCUT2D eigenvalue weighted by molar-refractivity contribution is 5.18. The first-order valence-electron chi connectivity index (χ1n) is 5.15. The second kappa shape index (κ2) is 5.20. The quantitative estimate of drug-likeness (QED) is 0.501. The van der Waals surface area contributed by atoms with Gasteiger partial charge in [0, 0.05) is 6.42 Å². The van der Waals surface area contributed by atoms with Gasteiger partial charge < -0.3 is 5.73 Å². The first-order valence-corrected chi connectivity index (χ1v) is 5.15. The predicted octanol–water partition coefficient (Wildman–Crippen LogP) is 1.94. The molecule has 0 bridgehead atoms. The Morgan fingerprint density at radius 2 is 2.23 bits per heavy atom. The van der Waals surface area contributed by atoms with Crippen LogP contribution in [-0.4, -0.2) is 12.2 Å². The minimum Gasteiger partial charge on any atom is -0.310 e. The van der Waals surface area contributed by atoms with E-state index in [1.54, 1.807) is 0 Å². The Morgan fingerprint density at radius 1 is 1.38 bits per heavy atom. The zero-order valence-electron chi connectivity index (χ0n) is 8.42. The Morgan fingerprint density at radius 3 is 2.85 bits per heavy atom. The van der Waals surface area contributed by atoms with Crippen LogP contribution in [0.5, 0.6) is 0 Å². The van der Waals surface area contributed by atoms with Gasteiger partial charge in [0.1, 0.15) is 0 Å². The fraction of sp³-hybridized carbons (Fsp3) is 0.636. The lowest BCUT2D eigenvalue weighted by atomic mass is 10.0. The Bertz CT molecular complexity index is 196. The van der Waals surface area contributed by atoms with Gasteiger partial charge in [0.15, 0.2) is 0 Å². The van der Waals surface area contributed by atoms with Gasteiger partial charge in [0.25, 0.3) is 0 Å². The van der Waals surface area contributed by atoms with Gasteiger partial charge >= 0.3 is 0 Å². The summed E-state index contributed by atoms with van der Waals surface area (Å²) in [6.45, 7) is 3.23. The summed E-state index contributed by atoms with van der Waals surface area (Å²) in [7, 11) is 0. The van der Waals surface area contributed by atoms with Crippen LogP contribution in [0.15, 0.2) is 24.3 Å². The fourth-order valence-electron chi connectivity index (χ4n) is 1.46. The minimum absolute atomic E-state index is 0.289. The molecule has 74 valence electrons. The molecule has 1 aliphatic carbocycles. The van der Waals surface area contributed by atoms with Crippen molar-refractivity contribution in [1.29, 1.82) is 0 Å². The van der Waals surface area contributed by atoms with E-state index < -0.39 is 0 Å². The average molecular weight is 180 g/mol. The maximum Gasteiger partial charge on any atom is 0.0892 e. The molecule has 1 aliphatic rings. The summed E-state index contributed by atoms with van der Waals surface area (Å²) in [4.78, 5) is 0. The molecule has 2 nitrogen and oxygen atoms in total. The zero-order chi connectivity index (χ0) is 9.57. The number of hydrogen-bond donors (Lipinski definition) is 2. The van der Waals surface area contributed by atoms with Crippen molar-refractivity contribution < 1.29 is 0 Å². The second-order valence-corrected chi connectivity index (χ2v) is 3.67. The Labute approximate surface area is 80.9 Å². The number of unbranched alkanes of at least 4 members (excludes halogenated alkanes) is 2. The van der Waals surface area contributed by atoms with E-state index in [1.807, 2.05) is 18.2 Å². The largest absolute Gasteiger partial charge is 0.310 e. The third kappa shape index (κ3) is 3.75. The van der Waals surface area contributed by atoms with Crippen molar-refractivity contribution in [3.05, 3.63) is 24.3 Å². The molecule has 1 unspecified atom stereocenters. The van der Waals surface area contributed by atoms with Crippen molar-refractivity contribution in [1.82, 2.24) is 5.32 Å². The number of hydrogen-bond acceptors (Lipinski definition) is 2. The van der Waals surface area contributed by atoms with E-state index >= 15 is 0 Å². The molecule has 1 rings (SSSR count). The van der Waals surface area contributed by atoms with E-state index in [9.17, 15) is 0 Å². The summed E-state index contributed by atoms with van der Waals surface area (Å²) in [5, 5.41) is 3.37. The van der Waals surface area contributed by atoms with E-state index in [4.69, 9.17) is 5.73 Å². The zero-order valence-corrected chi connectivity index (χ0v) is 8.42. The molecule has 0 spiro atoms. The average Bonchev–Trinajstić information content (AvgIpc) is 2.14. The second-order valence-electron chi connectivity index (χ2n) is 3.67. The van der Waals surface area contributed by atoms with Crippen LogP contribution >= 0.6 is 0 Å². The molecule has 0 saturated carbocycles. The molecule has 3 N–H and O–H groups in total. The van der Waals surface area contributed by atoms with Crippen molar-refractivity contribution >= 4 is 0 Å². The molecule has 0 amide bonds. The van der Waals surface area contributed by atoms with E-state index in [2.05, 4.69) is 18.3 Å². The molecule has 0 aromatic heterocycles. The maximum absolute atomic E-state index is 6.09. The van der Waals surface area contributed by atoms with Crippen LogP contribution < -0.4 is 11.1 Å². The van der Waals surface area contributed by atoms with Gasteiger partial charge in [-0.2, -0.15) is 0 Å². The van der Waals surface area contributed by atoms with Crippen LogP contribution in [0.4, 0.5) is 0 Å². The SMILES string of the molecule is CCCCCNC1(N)C=CC=CC1. The van der Waals surface area contributed by atoms with Crippen molar-refractivity contribution in [2.45, 2.75) is 38.3 Å².